The molecule has 9 nitrogen and oxygen atoms in total. The van der Waals surface area contributed by atoms with Gasteiger partial charge in [-0.1, -0.05) is 36.4 Å². The second kappa shape index (κ2) is 9.55. The number of rotatable bonds is 3. The molecule has 0 amide bonds. The third kappa shape index (κ3) is 4.08. The molecule has 0 bridgehead atoms. The summed E-state index contributed by atoms with van der Waals surface area (Å²) >= 11 is 0. The van der Waals surface area contributed by atoms with Gasteiger partial charge in [0.15, 0.2) is 34.9 Å². The van der Waals surface area contributed by atoms with Gasteiger partial charge in [0.1, 0.15) is 17.5 Å². The lowest BCUT2D eigenvalue weighted by Crippen LogP contribution is -2.55. The third-order valence-corrected chi connectivity index (χ3v) is 8.01. The average molecular weight is 518 g/mol. The summed E-state index contributed by atoms with van der Waals surface area (Å²) in [7, 11) is 0. The quantitative estimate of drug-likeness (QED) is 0.526. The molecule has 2 aromatic rings. The van der Waals surface area contributed by atoms with Gasteiger partial charge in [-0.25, -0.2) is 0 Å². The Morgan fingerprint density at radius 2 is 1.47 bits per heavy atom. The second-order valence-corrected chi connectivity index (χ2v) is 10.3. The van der Waals surface area contributed by atoms with E-state index in [-0.39, 0.29) is 41.6 Å². The fraction of sp³-hybridized carbons (Fsp3) is 0.345. The molecule has 5 unspecified atom stereocenters. The Kier molecular flexibility index (Phi) is 6.38. The number of aromatic hydroxyl groups is 3. The zero-order valence-electron chi connectivity index (χ0n) is 20.7. The Morgan fingerprint density at radius 3 is 2.11 bits per heavy atom. The lowest BCUT2D eigenvalue weighted by molar-refractivity contribution is -0.152. The predicted molar refractivity (Wildman–Crippen MR) is 133 cm³/mol. The van der Waals surface area contributed by atoms with Gasteiger partial charge in [0.05, 0.1) is 23.9 Å². The van der Waals surface area contributed by atoms with Crippen molar-refractivity contribution in [1.29, 1.82) is 0 Å². The summed E-state index contributed by atoms with van der Waals surface area (Å²) in [4.78, 5) is 64.7. The molecule has 1 aromatic heterocycles. The molecule has 2 fully saturated rings. The SMILES string of the molecule is CC(=O)C1C(=O)CC2CC3Cc4ccc(Cn5c(O)ccccccc5O)c(O)c4C(=O)C3C(=O)C2C1=O. The molecule has 2 saturated carbocycles. The van der Waals surface area contributed by atoms with Crippen LogP contribution in [0, 0.1) is 29.6 Å². The maximum atomic E-state index is 13.7. The number of Topliss-reactive ketones (excluding diaryl/α,β-unsaturated/α-hetero) is 5. The highest BCUT2D eigenvalue weighted by atomic mass is 16.3. The van der Waals surface area contributed by atoms with Gasteiger partial charge in [0, 0.05) is 12.0 Å². The smallest absolute Gasteiger partial charge is 0.193 e. The van der Waals surface area contributed by atoms with Crippen molar-refractivity contribution < 1.29 is 39.3 Å². The molecule has 0 aliphatic heterocycles. The number of nitrogens with zero attached hydrogens (tertiary/aromatic N) is 1. The number of hydrogen-bond acceptors (Lipinski definition) is 8. The predicted octanol–water partition coefficient (Wildman–Crippen LogP) is 2.70. The molecule has 3 aliphatic carbocycles. The van der Waals surface area contributed by atoms with Crippen LogP contribution in [-0.2, 0) is 32.1 Å². The fourth-order valence-electron chi connectivity index (χ4n) is 6.31. The maximum absolute atomic E-state index is 13.7. The van der Waals surface area contributed by atoms with E-state index in [1.807, 2.05) is 0 Å². The molecule has 3 N–H and O–H groups in total. The van der Waals surface area contributed by atoms with E-state index in [0.29, 0.717) is 18.4 Å². The highest BCUT2D eigenvalue weighted by Gasteiger charge is 2.57. The minimum absolute atomic E-state index is 0.0194. The van der Waals surface area contributed by atoms with Crippen LogP contribution in [0.3, 0.4) is 0 Å². The molecule has 38 heavy (non-hydrogen) atoms. The molecule has 5 atom stereocenters. The third-order valence-electron chi connectivity index (χ3n) is 8.01. The van der Waals surface area contributed by atoms with Crippen molar-refractivity contribution in [1.82, 2.24) is 4.57 Å². The van der Waals surface area contributed by atoms with Gasteiger partial charge >= 0.3 is 0 Å². The maximum Gasteiger partial charge on any atom is 0.193 e. The van der Waals surface area contributed by atoms with E-state index in [9.17, 15) is 39.3 Å². The van der Waals surface area contributed by atoms with Crippen molar-refractivity contribution in [3.8, 4) is 17.5 Å². The second-order valence-electron chi connectivity index (χ2n) is 10.3. The normalized spacial score (nSPS) is 26.2. The molecule has 1 aromatic carbocycles. The van der Waals surface area contributed by atoms with Crippen LogP contribution in [-0.4, -0.2) is 48.8 Å². The van der Waals surface area contributed by atoms with E-state index in [0.717, 1.165) is 11.5 Å². The number of phenols is 1. The summed E-state index contributed by atoms with van der Waals surface area (Å²) in [5, 5.41) is 32.1. The molecule has 196 valence electrons. The van der Waals surface area contributed by atoms with Gasteiger partial charge in [-0.05, 0) is 49.3 Å². The van der Waals surface area contributed by atoms with Crippen LogP contribution in [0.1, 0.15) is 41.3 Å². The van der Waals surface area contributed by atoms with Gasteiger partial charge < -0.3 is 15.3 Å². The van der Waals surface area contributed by atoms with Crippen LogP contribution in [0.5, 0.6) is 17.5 Å². The average Bonchev–Trinajstić information content (AvgIpc) is 2.91. The Hall–Kier alpha value is -4.27. The Bertz CT molecular complexity index is 1420. The zero-order valence-corrected chi connectivity index (χ0v) is 20.7. The van der Waals surface area contributed by atoms with Crippen molar-refractivity contribution in [2.24, 2.45) is 29.6 Å². The minimum Gasteiger partial charge on any atom is -0.507 e. The van der Waals surface area contributed by atoms with Gasteiger partial charge in [0.25, 0.3) is 0 Å². The van der Waals surface area contributed by atoms with Crippen molar-refractivity contribution in [3.05, 3.63) is 65.2 Å². The van der Waals surface area contributed by atoms with Crippen LogP contribution < -0.4 is 0 Å². The van der Waals surface area contributed by atoms with Gasteiger partial charge in [0.2, 0.25) is 0 Å². The number of phenolic OH excluding ortho intramolecular Hbond substituents is 1. The van der Waals surface area contributed by atoms with Gasteiger partial charge in [-0.15, -0.1) is 0 Å². The molecule has 0 spiro atoms. The van der Waals surface area contributed by atoms with E-state index >= 15 is 0 Å². The van der Waals surface area contributed by atoms with Crippen molar-refractivity contribution in [2.75, 3.05) is 0 Å². The van der Waals surface area contributed by atoms with Crippen molar-refractivity contribution in [2.45, 2.75) is 32.7 Å². The summed E-state index contributed by atoms with van der Waals surface area (Å²) < 4.78 is 1.15. The minimum atomic E-state index is -1.46. The van der Waals surface area contributed by atoms with Crippen LogP contribution in [0.15, 0.2) is 48.5 Å². The number of aromatic nitrogens is 1. The summed E-state index contributed by atoms with van der Waals surface area (Å²) in [6, 6.07) is 12.5. The fourth-order valence-corrected chi connectivity index (χ4v) is 6.31. The van der Waals surface area contributed by atoms with E-state index in [1.54, 1.807) is 36.4 Å². The monoisotopic (exact) mass is 517 g/mol. The molecular formula is C29H27NO8. The van der Waals surface area contributed by atoms with E-state index in [1.165, 1.54) is 12.1 Å². The summed E-state index contributed by atoms with van der Waals surface area (Å²) in [5.41, 5.74) is 0.766. The standard InChI is InChI=1S/C29H27NO8/c1-14(31)22-19(32)12-18-11-17-10-15-8-9-16(13-30-20(33)6-4-2-3-5-7-21(30)34)26(35)23(15)28(37)24(17)29(38)25(18)27(22)36/h2-9,17-18,22,24-25,33-35H,10-13H2,1H3. The molecule has 0 radical (unpaired) electrons. The van der Waals surface area contributed by atoms with Crippen molar-refractivity contribution in [3.63, 3.8) is 0 Å². The Balaban J connectivity index is 1.52. The number of benzene rings is 1. The number of hydrogen-bond donors (Lipinski definition) is 3. The molecule has 0 saturated heterocycles. The Morgan fingerprint density at radius 1 is 0.842 bits per heavy atom. The highest BCUT2D eigenvalue weighted by Crippen LogP contribution is 2.48. The first-order valence-electron chi connectivity index (χ1n) is 12.5. The molecule has 9 heteroatoms. The molecule has 1 heterocycles. The number of carbonyl (C=O) groups is 5. The zero-order chi connectivity index (χ0) is 27.3. The summed E-state index contributed by atoms with van der Waals surface area (Å²) in [6.07, 6.45) is 0.584. The number of carbonyl (C=O) groups excluding carboxylic acids is 5. The van der Waals surface area contributed by atoms with Crippen LogP contribution in [0.25, 0.3) is 0 Å². The van der Waals surface area contributed by atoms with E-state index in [4.69, 9.17) is 0 Å². The van der Waals surface area contributed by atoms with E-state index in [2.05, 4.69) is 0 Å². The van der Waals surface area contributed by atoms with Crippen molar-refractivity contribution >= 4 is 28.9 Å². The molecule has 3 aliphatic rings. The summed E-state index contributed by atoms with van der Waals surface area (Å²) in [6.45, 7) is 0.977. The lowest BCUT2D eigenvalue weighted by atomic mass is 9.56. The highest BCUT2D eigenvalue weighted by molar-refractivity contribution is 6.27. The first kappa shape index (κ1) is 25.4. The largest absolute Gasteiger partial charge is 0.507 e. The topological polar surface area (TPSA) is 151 Å². The first-order chi connectivity index (χ1) is 18.1. The van der Waals surface area contributed by atoms with Crippen LogP contribution in [0.4, 0.5) is 0 Å². The lowest BCUT2D eigenvalue weighted by Gasteiger charge is -2.44. The van der Waals surface area contributed by atoms with E-state index < -0.39 is 58.5 Å². The number of fused-ring (bicyclic) bond motifs is 3. The first-order valence-corrected chi connectivity index (χ1v) is 12.5. The van der Waals surface area contributed by atoms with Crippen LogP contribution >= 0.6 is 0 Å². The van der Waals surface area contributed by atoms with Crippen LogP contribution in [0.2, 0.25) is 0 Å². The molecular weight excluding hydrogens is 490 g/mol. The molecule has 5 rings (SSSR count). The Labute approximate surface area is 218 Å². The number of ketones is 5. The van der Waals surface area contributed by atoms with Gasteiger partial charge in [-0.3, -0.25) is 28.5 Å². The van der Waals surface area contributed by atoms with Gasteiger partial charge in [-0.2, -0.15) is 0 Å². The summed E-state index contributed by atoms with van der Waals surface area (Å²) in [5.74, 6) is -8.68.